The van der Waals surface area contributed by atoms with E-state index < -0.39 is 0 Å². The van der Waals surface area contributed by atoms with Crippen LogP contribution in [-0.2, 0) is 16.5 Å². The first-order valence-corrected chi connectivity index (χ1v) is 8.73. The molecule has 0 saturated carbocycles. The van der Waals surface area contributed by atoms with E-state index in [9.17, 15) is 4.79 Å². The van der Waals surface area contributed by atoms with Crippen molar-refractivity contribution in [2.75, 3.05) is 32.9 Å². The summed E-state index contributed by atoms with van der Waals surface area (Å²) in [5, 5.41) is 11.4. The van der Waals surface area contributed by atoms with E-state index in [0.717, 1.165) is 37.3 Å². The molecule has 0 aromatic carbocycles. The van der Waals surface area contributed by atoms with Crippen LogP contribution in [0.3, 0.4) is 0 Å². The van der Waals surface area contributed by atoms with E-state index in [4.69, 9.17) is 9.47 Å². The Morgan fingerprint density at radius 1 is 1.28 bits per heavy atom. The Kier molecular flexibility index (Phi) is 4.54. The summed E-state index contributed by atoms with van der Waals surface area (Å²) in [7, 11) is 1.88. The van der Waals surface area contributed by atoms with Gasteiger partial charge < -0.3 is 14.4 Å². The van der Waals surface area contributed by atoms with Crippen LogP contribution in [0.15, 0.2) is 18.6 Å². The van der Waals surface area contributed by atoms with Crippen molar-refractivity contribution in [2.45, 2.75) is 24.9 Å². The average molecular weight is 345 g/mol. The number of carbonyl (C=O) groups is 1. The number of H-pyrrole nitrogens is 1. The molecule has 134 valence electrons. The molecule has 1 unspecified atom stereocenters. The van der Waals surface area contributed by atoms with Crippen molar-refractivity contribution < 1.29 is 14.3 Å². The molecule has 1 amide bonds. The number of amides is 1. The number of hydrogen-bond donors (Lipinski definition) is 1. The van der Waals surface area contributed by atoms with Crippen LogP contribution in [0.2, 0.25) is 0 Å². The van der Waals surface area contributed by atoms with Gasteiger partial charge in [0.25, 0.3) is 5.91 Å². The van der Waals surface area contributed by atoms with Crippen molar-refractivity contribution in [3.63, 3.8) is 0 Å². The number of carbonyl (C=O) groups excluding carboxylic acids is 1. The van der Waals surface area contributed by atoms with Gasteiger partial charge in [0.05, 0.1) is 36.8 Å². The number of aromatic nitrogens is 4. The van der Waals surface area contributed by atoms with Crippen LogP contribution in [0.5, 0.6) is 0 Å². The molecule has 2 saturated heterocycles. The smallest absolute Gasteiger partial charge is 0.257 e. The average Bonchev–Trinajstić information content (AvgIpc) is 3.31. The highest BCUT2D eigenvalue weighted by molar-refractivity contribution is 5.95. The standard InChI is InChI=1S/C17H23N5O3/c1-21-10-13(8-19-21)15-11-22(4-7-25-15)17(23)14-9-18-20-16(14)12-2-5-24-6-3-12/h8-10,12,15H,2-7,11H2,1H3,(H,18,20). The number of nitrogens with one attached hydrogen (secondary N) is 1. The van der Waals surface area contributed by atoms with Gasteiger partial charge in [-0.2, -0.15) is 10.2 Å². The van der Waals surface area contributed by atoms with Crippen LogP contribution in [0, 0.1) is 0 Å². The quantitative estimate of drug-likeness (QED) is 0.905. The highest BCUT2D eigenvalue weighted by Crippen LogP contribution is 2.29. The fourth-order valence-electron chi connectivity index (χ4n) is 3.58. The largest absolute Gasteiger partial charge is 0.381 e. The van der Waals surface area contributed by atoms with Crippen LogP contribution in [0.4, 0.5) is 0 Å². The first kappa shape index (κ1) is 16.3. The number of hydrogen-bond acceptors (Lipinski definition) is 5. The predicted octanol–water partition coefficient (Wildman–Crippen LogP) is 1.25. The lowest BCUT2D eigenvalue weighted by atomic mass is 9.93. The molecule has 4 rings (SSSR count). The third kappa shape index (κ3) is 3.32. The van der Waals surface area contributed by atoms with Crippen molar-refractivity contribution in [3.8, 4) is 0 Å². The van der Waals surface area contributed by atoms with Crippen molar-refractivity contribution in [1.29, 1.82) is 0 Å². The third-order valence-electron chi connectivity index (χ3n) is 4.98. The second-order valence-electron chi connectivity index (χ2n) is 6.64. The Morgan fingerprint density at radius 3 is 2.88 bits per heavy atom. The van der Waals surface area contributed by atoms with E-state index in [1.807, 2.05) is 18.1 Å². The topological polar surface area (TPSA) is 85.3 Å². The molecule has 0 aliphatic carbocycles. The zero-order valence-corrected chi connectivity index (χ0v) is 14.4. The van der Waals surface area contributed by atoms with E-state index in [1.165, 1.54) is 0 Å². The molecule has 4 heterocycles. The van der Waals surface area contributed by atoms with Gasteiger partial charge in [0.1, 0.15) is 6.10 Å². The van der Waals surface area contributed by atoms with Crippen LogP contribution < -0.4 is 0 Å². The Hall–Kier alpha value is -2.19. The van der Waals surface area contributed by atoms with Crippen molar-refractivity contribution in [3.05, 3.63) is 35.4 Å². The van der Waals surface area contributed by atoms with Crippen LogP contribution >= 0.6 is 0 Å². The molecular weight excluding hydrogens is 322 g/mol. The van der Waals surface area contributed by atoms with Gasteiger partial charge in [0.15, 0.2) is 0 Å². The van der Waals surface area contributed by atoms with Gasteiger partial charge in [0, 0.05) is 44.5 Å². The summed E-state index contributed by atoms with van der Waals surface area (Å²) >= 11 is 0. The van der Waals surface area contributed by atoms with Gasteiger partial charge in [-0.25, -0.2) is 0 Å². The molecule has 1 atom stereocenters. The Bertz CT molecular complexity index is 734. The van der Waals surface area contributed by atoms with Crippen molar-refractivity contribution in [1.82, 2.24) is 24.9 Å². The summed E-state index contributed by atoms with van der Waals surface area (Å²) in [5.74, 6) is 0.331. The van der Waals surface area contributed by atoms with Crippen LogP contribution in [-0.4, -0.2) is 63.7 Å². The fourth-order valence-corrected chi connectivity index (χ4v) is 3.58. The van der Waals surface area contributed by atoms with E-state index >= 15 is 0 Å². The summed E-state index contributed by atoms with van der Waals surface area (Å²) in [5.41, 5.74) is 2.62. The molecule has 2 fully saturated rings. The molecule has 0 radical (unpaired) electrons. The highest BCUT2D eigenvalue weighted by atomic mass is 16.5. The minimum atomic E-state index is -0.134. The minimum absolute atomic E-state index is 0.0208. The van der Waals surface area contributed by atoms with Gasteiger partial charge >= 0.3 is 0 Å². The number of rotatable bonds is 3. The molecule has 25 heavy (non-hydrogen) atoms. The van der Waals surface area contributed by atoms with Gasteiger partial charge in [-0.05, 0) is 12.8 Å². The van der Waals surface area contributed by atoms with Crippen LogP contribution in [0.25, 0.3) is 0 Å². The molecule has 8 heteroatoms. The minimum Gasteiger partial charge on any atom is -0.381 e. The number of ether oxygens (including phenoxy) is 2. The predicted molar refractivity (Wildman–Crippen MR) is 89.2 cm³/mol. The molecule has 0 spiro atoms. The van der Waals surface area contributed by atoms with E-state index in [-0.39, 0.29) is 12.0 Å². The summed E-state index contributed by atoms with van der Waals surface area (Å²) in [6.07, 6.45) is 7.09. The lowest BCUT2D eigenvalue weighted by Crippen LogP contribution is -2.42. The normalized spacial score (nSPS) is 22.3. The third-order valence-corrected chi connectivity index (χ3v) is 4.98. The van der Waals surface area contributed by atoms with Crippen molar-refractivity contribution in [2.24, 2.45) is 7.05 Å². The first-order valence-electron chi connectivity index (χ1n) is 8.73. The second kappa shape index (κ2) is 6.97. The summed E-state index contributed by atoms with van der Waals surface area (Å²) in [6, 6.07) is 0. The molecule has 2 aliphatic rings. The number of aromatic amines is 1. The molecule has 8 nitrogen and oxygen atoms in total. The molecule has 2 aromatic rings. The van der Waals surface area contributed by atoms with Gasteiger partial charge in [-0.1, -0.05) is 0 Å². The summed E-state index contributed by atoms with van der Waals surface area (Å²) in [6.45, 7) is 3.11. The lowest BCUT2D eigenvalue weighted by molar-refractivity contribution is -0.0229. The zero-order chi connectivity index (χ0) is 17.2. The lowest BCUT2D eigenvalue weighted by Gasteiger charge is -2.33. The van der Waals surface area contributed by atoms with Gasteiger partial charge in [0.2, 0.25) is 0 Å². The highest BCUT2D eigenvalue weighted by Gasteiger charge is 2.30. The van der Waals surface area contributed by atoms with E-state index in [1.54, 1.807) is 17.1 Å². The second-order valence-corrected chi connectivity index (χ2v) is 6.64. The number of nitrogens with zero attached hydrogens (tertiary/aromatic N) is 4. The fraction of sp³-hybridized carbons (Fsp3) is 0.588. The maximum Gasteiger partial charge on any atom is 0.257 e. The zero-order valence-electron chi connectivity index (χ0n) is 14.4. The molecule has 2 aromatic heterocycles. The molecule has 0 bridgehead atoms. The van der Waals surface area contributed by atoms with Gasteiger partial charge in [-0.15, -0.1) is 0 Å². The van der Waals surface area contributed by atoms with E-state index in [0.29, 0.717) is 31.2 Å². The first-order chi connectivity index (χ1) is 12.2. The Labute approximate surface area is 146 Å². The summed E-state index contributed by atoms with van der Waals surface area (Å²) in [4.78, 5) is 14.9. The number of aryl methyl sites for hydroxylation is 1. The van der Waals surface area contributed by atoms with E-state index in [2.05, 4.69) is 15.3 Å². The maximum absolute atomic E-state index is 13.1. The molecule has 2 aliphatic heterocycles. The van der Waals surface area contributed by atoms with Crippen molar-refractivity contribution >= 4 is 5.91 Å². The maximum atomic E-state index is 13.1. The Morgan fingerprint density at radius 2 is 2.12 bits per heavy atom. The number of morpholine rings is 1. The monoisotopic (exact) mass is 345 g/mol. The molecular formula is C17H23N5O3. The Balaban J connectivity index is 1.50. The molecule has 1 N–H and O–H groups in total. The SMILES string of the molecule is Cn1cc(C2CN(C(=O)c3cn[nH]c3C3CCOCC3)CCO2)cn1. The summed E-state index contributed by atoms with van der Waals surface area (Å²) < 4.78 is 13.0. The van der Waals surface area contributed by atoms with Gasteiger partial charge in [-0.3, -0.25) is 14.6 Å². The van der Waals surface area contributed by atoms with Crippen LogP contribution in [0.1, 0.15) is 46.5 Å².